The van der Waals surface area contributed by atoms with Gasteiger partial charge in [-0.15, -0.1) is 0 Å². The van der Waals surface area contributed by atoms with Gasteiger partial charge in [-0.25, -0.2) is 4.39 Å². The van der Waals surface area contributed by atoms with Crippen molar-refractivity contribution in [1.29, 1.82) is 0 Å². The largest absolute Gasteiger partial charge is 0.388 e. The first-order valence-corrected chi connectivity index (χ1v) is 13.5. The third-order valence-corrected chi connectivity index (χ3v) is 7.79. The van der Waals surface area contributed by atoms with Crippen LogP contribution in [0.4, 0.5) is 21.5 Å². The smallest absolute Gasteiger partial charge is 0.241 e. The lowest BCUT2D eigenvalue weighted by Crippen LogP contribution is -2.53. The molecule has 3 N–H and O–H groups in total. The molecule has 39 heavy (non-hydrogen) atoms. The van der Waals surface area contributed by atoms with Crippen LogP contribution in [0.15, 0.2) is 66.7 Å². The van der Waals surface area contributed by atoms with Gasteiger partial charge in [0.15, 0.2) is 0 Å². The molecule has 2 amide bonds. The van der Waals surface area contributed by atoms with Crippen molar-refractivity contribution >= 4 is 28.9 Å². The van der Waals surface area contributed by atoms with Crippen molar-refractivity contribution in [3.05, 3.63) is 89.2 Å². The molecule has 2 atom stereocenters. The van der Waals surface area contributed by atoms with E-state index in [0.717, 1.165) is 47.7 Å². The fourth-order valence-corrected chi connectivity index (χ4v) is 5.54. The highest BCUT2D eigenvalue weighted by Crippen LogP contribution is 2.42. The van der Waals surface area contributed by atoms with E-state index in [1.54, 1.807) is 17.0 Å². The lowest BCUT2D eigenvalue weighted by molar-refractivity contribution is -0.121. The van der Waals surface area contributed by atoms with Crippen LogP contribution < -0.4 is 20.9 Å². The topological polar surface area (TPSA) is 76.7 Å². The molecule has 2 heterocycles. The summed E-state index contributed by atoms with van der Waals surface area (Å²) in [7, 11) is 1.85. The molecule has 0 aliphatic carbocycles. The molecule has 204 valence electrons. The third kappa shape index (κ3) is 5.82. The van der Waals surface area contributed by atoms with Crippen molar-refractivity contribution in [2.45, 2.75) is 31.7 Å². The molecule has 8 heteroatoms. The molecule has 0 saturated carbocycles. The Morgan fingerprint density at radius 3 is 2.41 bits per heavy atom. The van der Waals surface area contributed by atoms with Gasteiger partial charge in [-0.3, -0.25) is 14.5 Å². The van der Waals surface area contributed by atoms with Crippen molar-refractivity contribution < 1.29 is 14.0 Å². The number of amides is 2. The molecule has 3 aromatic carbocycles. The molecule has 3 aromatic rings. The number of carbonyl (C=O) groups excluding carboxylic acids is 2. The predicted octanol–water partition coefficient (Wildman–Crippen LogP) is 3.99. The summed E-state index contributed by atoms with van der Waals surface area (Å²) in [6.45, 7) is 7.05. The summed E-state index contributed by atoms with van der Waals surface area (Å²) in [5.74, 6) is -0.438. The molecular formula is C31H36FN5O2. The lowest BCUT2D eigenvalue weighted by Gasteiger charge is -2.32. The molecule has 0 bridgehead atoms. The van der Waals surface area contributed by atoms with Crippen molar-refractivity contribution in [2.75, 3.05) is 55.3 Å². The SMILES string of the molecule is CNc1ccc(NC(=O)C2(C)CN(C(=O)CN3CCNC(C)C3)c3cc(Cc4ccc(F)cc4)ccc32)cc1. The highest BCUT2D eigenvalue weighted by atomic mass is 19.1. The molecule has 7 nitrogen and oxygen atoms in total. The number of nitrogens with zero attached hydrogens (tertiary/aromatic N) is 2. The number of fused-ring (bicyclic) bond motifs is 1. The Morgan fingerprint density at radius 2 is 1.72 bits per heavy atom. The van der Waals surface area contributed by atoms with Crippen molar-refractivity contribution in [3.8, 4) is 0 Å². The molecule has 5 rings (SSSR count). The molecule has 0 spiro atoms. The normalized spacial score (nSPS) is 20.9. The van der Waals surface area contributed by atoms with Crippen LogP contribution in [-0.2, 0) is 21.4 Å². The number of benzene rings is 3. The maximum atomic E-state index is 13.7. The maximum absolute atomic E-state index is 13.7. The number of hydrogen-bond donors (Lipinski definition) is 3. The zero-order valence-electron chi connectivity index (χ0n) is 22.8. The Labute approximate surface area is 229 Å². The van der Waals surface area contributed by atoms with Gasteiger partial charge < -0.3 is 20.9 Å². The lowest BCUT2D eigenvalue weighted by atomic mass is 9.83. The quantitative estimate of drug-likeness (QED) is 0.432. The Morgan fingerprint density at radius 1 is 1.03 bits per heavy atom. The van der Waals surface area contributed by atoms with E-state index in [2.05, 4.69) is 27.8 Å². The van der Waals surface area contributed by atoms with E-state index in [1.165, 1.54) is 12.1 Å². The number of rotatable bonds is 7. The Balaban J connectivity index is 1.43. The minimum absolute atomic E-state index is 0.0146. The Bertz CT molecular complexity index is 1340. The molecule has 1 saturated heterocycles. The molecule has 1 fully saturated rings. The van der Waals surface area contributed by atoms with E-state index in [9.17, 15) is 14.0 Å². The summed E-state index contributed by atoms with van der Waals surface area (Å²) in [4.78, 5) is 31.4. The van der Waals surface area contributed by atoms with Gasteiger partial charge in [-0.2, -0.15) is 0 Å². The van der Waals surface area contributed by atoms with E-state index >= 15 is 0 Å². The van der Waals surface area contributed by atoms with E-state index < -0.39 is 5.41 Å². The van der Waals surface area contributed by atoms with E-state index in [1.807, 2.05) is 56.4 Å². The fraction of sp³-hybridized carbons (Fsp3) is 0.355. The van der Waals surface area contributed by atoms with Crippen LogP contribution in [0.3, 0.4) is 0 Å². The van der Waals surface area contributed by atoms with Crippen molar-refractivity contribution in [1.82, 2.24) is 10.2 Å². The number of nitrogens with one attached hydrogen (secondary N) is 3. The second-order valence-electron chi connectivity index (χ2n) is 10.8. The van der Waals surface area contributed by atoms with Gasteiger partial charge in [0.05, 0.1) is 12.0 Å². The molecular weight excluding hydrogens is 493 g/mol. The van der Waals surface area contributed by atoms with Gasteiger partial charge in [0, 0.05) is 56.3 Å². The van der Waals surface area contributed by atoms with Gasteiger partial charge in [0.1, 0.15) is 5.82 Å². The number of carbonyl (C=O) groups is 2. The maximum Gasteiger partial charge on any atom is 0.241 e. The van der Waals surface area contributed by atoms with Gasteiger partial charge in [-0.1, -0.05) is 24.3 Å². The van der Waals surface area contributed by atoms with Crippen molar-refractivity contribution in [2.24, 2.45) is 0 Å². The summed E-state index contributed by atoms with van der Waals surface area (Å²) < 4.78 is 13.4. The summed E-state index contributed by atoms with van der Waals surface area (Å²) in [6.07, 6.45) is 0.603. The summed E-state index contributed by atoms with van der Waals surface area (Å²) in [5.41, 5.74) is 4.32. The van der Waals surface area contributed by atoms with E-state index in [-0.39, 0.29) is 24.2 Å². The Kier molecular flexibility index (Phi) is 7.68. The molecule has 2 unspecified atom stereocenters. The van der Waals surface area contributed by atoms with Crippen LogP contribution in [0.25, 0.3) is 0 Å². The molecule has 0 radical (unpaired) electrons. The zero-order chi connectivity index (χ0) is 27.6. The van der Waals surface area contributed by atoms with Crippen LogP contribution in [0.5, 0.6) is 0 Å². The zero-order valence-corrected chi connectivity index (χ0v) is 22.8. The number of halogens is 1. The van der Waals surface area contributed by atoms with Crippen LogP contribution in [0, 0.1) is 5.82 Å². The second-order valence-corrected chi connectivity index (χ2v) is 10.8. The standard InChI is InChI=1S/C31H36FN5O2/c1-21-18-36(15-14-34-21)19-29(38)37-20-31(2,30(39)35-26-11-9-25(33-3)10-12-26)27-13-6-23(17-28(27)37)16-22-4-7-24(32)8-5-22/h4-13,17,21,33-34H,14-16,18-20H2,1-3H3,(H,35,39). The van der Waals surface area contributed by atoms with Gasteiger partial charge in [0.2, 0.25) is 11.8 Å². The molecule has 0 aromatic heterocycles. The first-order chi connectivity index (χ1) is 18.7. The summed E-state index contributed by atoms with van der Waals surface area (Å²) >= 11 is 0. The fourth-order valence-electron chi connectivity index (χ4n) is 5.54. The van der Waals surface area contributed by atoms with E-state index in [4.69, 9.17) is 0 Å². The number of hydrogen-bond acceptors (Lipinski definition) is 5. The van der Waals surface area contributed by atoms with Crippen molar-refractivity contribution in [3.63, 3.8) is 0 Å². The minimum atomic E-state index is -0.919. The van der Waals surface area contributed by atoms with E-state index in [0.29, 0.717) is 24.7 Å². The van der Waals surface area contributed by atoms with Crippen LogP contribution in [-0.4, -0.2) is 62.5 Å². The summed E-state index contributed by atoms with van der Waals surface area (Å²) in [5, 5.41) is 9.56. The van der Waals surface area contributed by atoms with Crippen LogP contribution in [0.2, 0.25) is 0 Å². The number of piperazine rings is 1. The van der Waals surface area contributed by atoms with Crippen LogP contribution >= 0.6 is 0 Å². The van der Waals surface area contributed by atoms with Crippen LogP contribution in [0.1, 0.15) is 30.5 Å². The molecule has 2 aliphatic heterocycles. The van der Waals surface area contributed by atoms with Gasteiger partial charge in [0.25, 0.3) is 0 Å². The molecule has 2 aliphatic rings. The predicted molar refractivity (Wildman–Crippen MR) is 154 cm³/mol. The highest BCUT2D eigenvalue weighted by molar-refractivity contribution is 6.06. The first kappa shape index (κ1) is 26.8. The average Bonchev–Trinajstić information content (AvgIpc) is 3.23. The third-order valence-electron chi connectivity index (χ3n) is 7.79. The average molecular weight is 530 g/mol. The van der Waals surface area contributed by atoms with Gasteiger partial charge >= 0.3 is 0 Å². The highest BCUT2D eigenvalue weighted by Gasteiger charge is 2.47. The Hall–Kier alpha value is -3.75. The first-order valence-electron chi connectivity index (χ1n) is 13.5. The second kappa shape index (κ2) is 11.2. The monoisotopic (exact) mass is 529 g/mol. The minimum Gasteiger partial charge on any atom is -0.388 e. The number of anilines is 3. The van der Waals surface area contributed by atoms with Gasteiger partial charge in [-0.05, 0) is 79.4 Å². The summed E-state index contributed by atoms with van der Waals surface area (Å²) in [6, 6.07) is 20.3.